The molecule has 0 spiro atoms. The molecule has 0 bridgehead atoms. The third kappa shape index (κ3) is 1.25. The van der Waals surface area contributed by atoms with Crippen LogP contribution in [0.2, 0.25) is 0 Å². The number of nitriles is 1. The minimum absolute atomic E-state index is 0.0770. The van der Waals surface area contributed by atoms with Crippen LogP contribution in [0, 0.1) is 11.3 Å². The number of hydrogen-bond donors (Lipinski definition) is 1. The maximum absolute atomic E-state index is 8.48. The molecule has 0 saturated carbocycles. The van der Waals surface area contributed by atoms with Crippen molar-refractivity contribution in [2.75, 3.05) is 0 Å². The van der Waals surface area contributed by atoms with Gasteiger partial charge >= 0.3 is 0 Å². The zero-order chi connectivity index (χ0) is 6.69. The van der Waals surface area contributed by atoms with Crippen molar-refractivity contribution >= 4 is 11.3 Å². The van der Waals surface area contributed by atoms with Crippen LogP contribution in [0.4, 0.5) is 0 Å². The van der Waals surface area contributed by atoms with Gasteiger partial charge in [0.15, 0.2) is 0 Å². The molecule has 0 aliphatic rings. The summed E-state index contributed by atoms with van der Waals surface area (Å²) in [6, 6.07) is 1.93. The van der Waals surface area contributed by atoms with E-state index in [2.05, 4.69) is 4.98 Å². The number of aliphatic hydroxyl groups excluding tert-OH is 1. The topological polar surface area (TPSA) is 56.9 Å². The molecule has 0 unspecified atom stereocenters. The van der Waals surface area contributed by atoms with Crippen LogP contribution in [-0.4, -0.2) is 10.1 Å². The SMILES string of the molecule is N#Cc1cnc(CO)s1. The molecular weight excluding hydrogens is 136 g/mol. The van der Waals surface area contributed by atoms with Gasteiger partial charge in [-0.3, -0.25) is 0 Å². The largest absolute Gasteiger partial charge is 0.389 e. The van der Waals surface area contributed by atoms with Gasteiger partial charge in [0.1, 0.15) is 16.0 Å². The van der Waals surface area contributed by atoms with E-state index in [-0.39, 0.29) is 6.61 Å². The van der Waals surface area contributed by atoms with E-state index >= 15 is 0 Å². The lowest BCUT2D eigenvalue weighted by Gasteiger charge is -1.77. The van der Waals surface area contributed by atoms with Crippen LogP contribution in [0.3, 0.4) is 0 Å². The van der Waals surface area contributed by atoms with E-state index in [1.807, 2.05) is 6.07 Å². The first-order valence-electron chi connectivity index (χ1n) is 2.32. The maximum atomic E-state index is 8.48. The van der Waals surface area contributed by atoms with E-state index in [1.54, 1.807) is 0 Å². The minimum Gasteiger partial charge on any atom is -0.389 e. The van der Waals surface area contributed by atoms with Crippen molar-refractivity contribution in [3.8, 4) is 6.07 Å². The molecule has 1 aromatic heterocycles. The predicted octanol–water partition coefficient (Wildman–Crippen LogP) is 0.507. The van der Waals surface area contributed by atoms with E-state index in [9.17, 15) is 0 Å². The number of hydrogen-bond acceptors (Lipinski definition) is 4. The molecule has 0 radical (unpaired) electrons. The molecule has 46 valence electrons. The summed E-state index contributed by atoms with van der Waals surface area (Å²) in [6.45, 7) is -0.0770. The van der Waals surface area contributed by atoms with Crippen molar-refractivity contribution in [2.24, 2.45) is 0 Å². The zero-order valence-corrected chi connectivity index (χ0v) is 5.35. The van der Waals surface area contributed by atoms with Crippen LogP contribution in [-0.2, 0) is 6.61 Å². The van der Waals surface area contributed by atoms with Crippen LogP contribution in [0.5, 0.6) is 0 Å². The fraction of sp³-hybridized carbons (Fsp3) is 0.200. The van der Waals surface area contributed by atoms with Crippen molar-refractivity contribution in [1.29, 1.82) is 5.26 Å². The average Bonchev–Trinajstić information content (AvgIpc) is 2.34. The van der Waals surface area contributed by atoms with E-state index in [4.69, 9.17) is 10.4 Å². The van der Waals surface area contributed by atoms with Crippen LogP contribution < -0.4 is 0 Å². The minimum atomic E-state index is -0.0770. The first-order chi connectivity index (χ1) is 4.36. The van der Waals surface area contributed by atoms with E-state index in [1.165, 1.54) is 17.5 Å². The number of aromatic nitrogens is 1. The number of rotatable bonds is 1. The molecule has 1 N–H and O–H groups in total. The highest BCUT2D eigenvalue weighted by molar-refractivity contribution is 7.12. The molecule has 1 heterocycles. The van der Waals surface area contributed by atoms with Crippen molar-refractivity contribution < 1.29 is 5.11 Å². The number of nitrogens with zero attached hydrogens (tertiary/aromatic N) is 2. The highest BCUT2D eigenvalue weighted by Gasteiger charge is 1.96. The molecule has 0 aliphatic heterocycles. The number of aliphatic hydroxyl groups is 1. The second-order valence-corrected chi connectivity index (χ2v) is 2.50. The second kappa shape index (κ2) is 2.58. The molecule has 0 atom stereocenters. The van der Waals surface area contributed by atoms with Gasteiger partial charge in [0.2, 0.25) is 0 Å². The van der Waals surface area contributed by atoms with Crippen molar-refractivity contribution in [3.05, 3.63) is 16.1 Å². The molecule has 0 fully saturated rings. The third-order valence-corrected chi connectivity index (χ3v) is 1.69. The lowest BCUT2D eigenvalue weighted by molar-refractivity contribution is 0.281. The van der Waals surface area contributed by atoms with E-state index in [0.717, 1.165) is 0 Å². The lowest BCUT2D eigenvalue weighted by Crippen LogP contribution is -1.75. The molecule has 1 aromatic rings. The Labute approximate surface area is 56.2 Å². The number of thiazole rings is 1. The van der Waals surface area contributed by atoms with Gasteiger partial charge in [-0.25, -0.2) is 4.98 Å². The highest BCUT2D eigenvalue weighted by atomic mass is 32.1. The highest BCUT2D eigenvalue weighted by Crippen LogP contribution is 2.10. The average molecular weight is 140 g/mol. The predicted molar refractivity (Wildman–Crippen MR) is 32.8 cm³/mol. The fourth-order valence-electron chi connectivity index (χ4n) is 0.435. The fourth-order valence-corrected chi connectivity index (χ4v) is 1.01. The Hall–Kier alpha value is -0.920. The Morgan fingerprint density at radius 1 is 1.89 bits per heavy atom. The van der Waals surface area contributed by atoms with Crippen molar-refractivity contribution in [1.82, 2.24) is 4.98 Å². The Morgan fingerprint density at radius 3 is 3.00 bits per heavy atom. The van der Waals surface area contributed by atoms with Gasteiger partial charge in [-0.1, -0.05) is 0 Å². The normalized spacial score (nSPS) is 8.89. The monoisotopic (exact) mass is 140 g/mol. The van der Waals surface area contributed by atoms with Gasteiger partial charge in [-0.15, -0.1) is 11.3 Å². The van der Waals surface area contributed by atoms with Crippen LogP contribution >= 0.6 is 11.3 Å². The molecular formula is C5H4N2OS. The van der Waals surface area contributed by atoms with E-state index in [0.29, 0.717) is 9.88 Å². The summed E-state index contributed by atoms with van der Waals surface area (Å²) in [5.41, 5.74) is 0. The smallest absolute Gasteiger partial charge is 0.124 e. The van der Waals surface area contributed by atoms with E-state index < -0.39 is 0 Å². The molecule has 4 heteroatoms. The molecule has 0 amide bonds. The van der Waals surface area contributed by atoms with Crippen molar-refractivity contribution in [3.63, 3.8) is 0 Å². The van der Waals surface area contributed by atoms with Gasteiger partial charge in [-0.2, -0.15) is 5.26 Å². The first-order valence-corrected chi connectivity index (χ1v) is 3.14. The summed E-state index contributed by atoms with van der Waals surface area (Å²) in [4.78, 5) is 4.29. The molecule has 1 rings (SSSR count). The molecule has 3 nitrogen and oxygen atoms in total. The zero-order valence-electron chi connectivity index (χ0n) is 4.53. The van der Waals surface area contributed by atoms with Crippen LogP contribution in [0.25, 0.3) is 0 Å². The van der Waals surface area contributed by atoms with Gasteiger partial charge in [0.25, 0.3) is 0 Å². The molecule has 0 aromatic carbocycles. The lowest BCUT2D eigenvalue weighted by atomic mass is 10.6. The quantitative estimate of drug-likeness (QED) is 0.618. The summed E-state index contributed by atoms with van der Waals surface area (Å²) in [5, 5.41) is 17.4. The summed E-state index contributed by atoms with van der Waals surface area (Å²) < 4.78 is 0. The Bertz CT molecular complexity index is 237. The molecule has 0 saturated heterocycles. The van der Waals surface area contributed by atoms with Gasteiger partial charge in [0.05, 0.1) is 12.8 Å². The van der Waals surface area contributed by atoms with Gasteiger partial charge < -0.3 is 5.11 Å². The summed E-state index contributed by atoms with van der Waals surface area (Å²) >= 11 is 1.21. The Balaban J connectivity index is 2.90. The Morgan fingerprint density at radius 2 is 2.67 bits per heavy atom. The van der Waals surface area contributed by atoms with Crippen LogP contribution in [0.15, 0.2) is 6.20 Å². The van der Waals surface area contributed by atoms with Gasteiger partial charge in [0, 0.05) is 0 Å². The summed E-state index contributed by atoms with van der Waals surface area (Å²) in [6.07, 6.45) is 1.45. The van der Waals surface area contributed by atoms with Crippen LogP contribution in [0.1, 0.15) is 9.88 Å². The molecule has 0 aliphatic carbocycles. The van der Waals surface area contributed by atoms with Gasteiger partial charge in [-0.05, 0) is 0 Å². The maximum Gasteiger partial charge on any atom is 0.124 e. The summed E-state index contributed by atoms with van der Waals surface area (Å²) in [5.74, 6) is 0. The molecule has 9 heavy (non-hydrogen) atoms. The van der Waals surface area contributed by atoms with Crippen molar-refractivity contribution in [2.45, 2.75) is 6.61 Å². The summed E-state index contributed by atoms with van der Waals surface area (Å²) in [7, 11) is 0. The standard InChI is InChI=1S/C5H4N2OS/c6-1-4-2-7-5(3-8)9-4/h2,8H,3H2. The third-order valence-electron chi connectivity index (χ3n) is 0.799. The second-order valence-electron chi connectivity index (χ2n) is 1.39. The Kier molecular flexibility index (Phi) is 1.78. The first kappa shape index (κ1) is 6.20.